The van der Waals surface area contributed by atoms with Gasteiger partial charge in [0.05, 0.1) is 20.8 Å². The van der Waals surface area contributed by atoms with E-state index in [0.29, 0.717) is 16.3 Å². The van der Waals surface area contributed by atoms with Crippen LogP contribution in [0.4, 0.5) is 4.79 Å². The number of imide groups is 1. The van der Waals surface area contributed by atoms with Gasteiger partial charge in [-0.3, -0.25) is 9.69 Å². The van der Waals surface area contributed by atoms with Gasteiger partial charge in [-0.25, -0.2) is 9.59 Å². The molecule has 0 atom stereocenters. The van der Waals surface area contributed by atoms with Crippen molar-refractivity contribution >= 4 is 35.6 Å². The minimum atomic E-state index is -0.646. The maximum absolute atomic E-state index is 12.6. The van der Waals surface area contributed by atoms with Gasteiger partial charge in [0.1, 0.15) is 17.2 Å². The number of furan rings is 1. The van der Waals surface area contributed by atoms with Gasteiger partial charge in [0.2, 0.25) is 5.76 Å². The van der Waals surface area contributed by atoms with Gasteiger partial charge in [-0.2, -0.15) is 0 Å². The number of carbonyl (C=O) groups is 3. The lowest BCUT2D eigenvalue weighted by molar-refractivity contribution is -0.123. The van der Waals surface area contributed by atoms with E-state index in [2.05, 4.69) is 10.1 Å². The third-order valence-electron chi connectivity index (χ3n) is 3.82. The zero-order chi connectivity index (χ0) is 19.6. The van der Waals surface area contributed by atoms with Crippen LogP contribution in [0, 0.1) is 0 Å². The smallest absolute Gasteiger partial charge is 0.373 e. The first-order valence-corrected chi connectivity index (χ1v) is 8.16. The fourth-order valence-corrected chi connectivity index (χ4v) is 2.70. The maximum Gasteiger partial charge on any atom is 0.373 e. The molecule has 2 heterocycles. The second-order valence-corrected chi connectivity index (χ2v) is 5.96. The lowest BCUT2D eigenvalue weighted by Crippen LogP contribution is -2.30. The quantitative estimate of drug-likeness (QED) is 0.479. The van der Waals surface area contributed by atoms with E-state index in [1.807, 2.05) is 0 Å². The predicted octanol–water partition coefficient (Wildman–Crippen LogP) is 2.82. The van der Waals surface area contributed by atoms with E-state index in [9.17, 15) is 14.4 Å². The Morgan fingerprint density at radius 2 is 2.04 bits per heavy atom. The highest BCUT2D eigenvalue weighted by Gasteiger charge is 2.34. The van der Waals surface area contributed by atoms with E-state index < -0.39 is 17.9 Å². The summed E-state index contributed by atoms with van der Waals surface area (Å²) < 4.78 is 15.1. The van der Waals surface area contributed by atoms with Crippen molar-refractivity contribution in [2.45, 2.75) is 6.54 Å². The summed E-state index contributed by atoms with van der Waals surface area (Å²) in [5.74, 6) is -0.439. The van der Waals surface area contributed by atoms with Gasteiger partial charge in [-0.15, -0.1) is 0 Å². The molecule has 0 bridgehead atoms. The molecular weight excluding hydrogens is 376 g/mol. The number of nitrogens with zero attached hydrogens (tertiary/aromatic N) is 1. The predicted molar refractivity (Wildman–Crippen MR) is 95.1 cm³/mol. The Morgan fingerprint density at radius 1 is 1.26 bits per heavy atom. The first-order valence-electron chi connectivity index (χ1n) is 7.78. The molecule has 8 nitrogen and oxygen atoms in total. The van der Waals surface area contributed by atoms with Gasteiger partial charge in [-0.05, 0) is 36.4 Å². The molecule has 1 aromatic carbocycles. The van der Waals surface area contributed by atoms with Gasteiger partial charge >= 0.3 is 12.0 Å². The van der Waals surface area contributed by atoms with Gasteiger partial charge in [0.15, 0.2) is 0 Å². The zero-order valence-electron chi connectivity index (χ0n) is 14.4. The number of rotatable bonds is 5. The van der Waals surface area contributed by atoms with E-state index >= 15 is 0 Å². The van der Waals surface area contributed by atoms with Crippen LogP contribution < -0.4 is 10.1 Å². The monoisotopic (exact) mass is 390 g/mol. The number of urea groups is 1. The molecule has 1 aromatic heterocycles. The molecule has 27 heavy (non-hydrogen) atoms. The van der Waals surface area contributed by atoms with Crippen LogP contribution in [-0.2, 0) is 16.1 Å². The highest BCUT2D eigenvalue weighted by Crippen LogP contribution is 2.26. The second kappa shape index (κ2) is 7.55. The number of carbonyl (C=O) groups excluding carboxylic acids is 3. The molecule has 0 saturated carbocycles. The Balaban J connectivity index is 1.82. The van der Waals surface area contributed by atoms with Crippen LogP contribution in [-0.4, -0.2) is 37.0 Å². The van der Waals surface area contributed by atoms with Gasteiger partial charge < -0.3 is 19.2 Å². The van der Waals surface area contributed by atoms with E-state index in [0.717, 1.165) is 4.90 Å². The standard InChI is InChI=1S/C18H15ClN2O6/c1-25-14-5-3-11(19)7-10(14)8-13-16(22)21(18(24)20-13)9-12-4-6-15(27-12)17(23)26-2/h3-8H,9H2,1-2H3,(H,20,24). The van der Waals surface area contributed by atoms with Crippen LogP contribution in [0.15, 0.2) is 40.4 Å². The first-order chi connectivity index (χ1) is 12.9. The molecule has 1 aliphatic heterocycles. The first kappa shape index (κ1) is 18.5. The molecule has 9 heteroatoms. The largest absolute Gasteiger partial charge is 0.496 e. The minimum absolute atomic E-state index is 0.0148. The number of nitrogens with one attached hydrogen (secondary N) is 1. The number of esters is 1. The van der Waals surface area contributed by atoms with Crippen molar-refractivity contribution in [2.24, 2.45) is 0 Å². The average Bonchev–Trinajstić information content (AvgIpc) is 3.22. The van der Waals surface area contributed by atoms with E-state index in [-0.39, 0.29) is 23.8 Å². The average molecular weight is 391 g/mol. The summed E-state index contributed by atoms with van der Waals surface area (Å²) in [6.07, 6.45) is 1.48. The highest BCUT2D eigenvalue weighted by atomic mass is 35.5. The maximum atomic E-state index is 12.6. The summed E-state index contributed by atoms with van der Waals surface area (Å²) in [6.45, 7) is -0.133. The van der Waals surface area contributed by atoms with Crippen molar-refractivity contribution < 1.29 is 28.3 Å². The molecule has 3 rings (SSSR count). The fourth-order valence-electron chi connectivity index (χ4n) is 2.52. The molecular formula is C18H15ClN2O6. The van der Waals surface area contributed by atoms with Crippen molar-refractivity contribution in [3.8, 4) is 5.75 Å². The SMILES string of the molecule is COC(=O)c1ccc(CN2C(=O)NC(=Cc3cc(Cl)ccc3OC)C2=O)o1. The van der Waals surface area contributed by atoms with Crippen LogP contribution in [0.5, 0.6) is 5.75 Å². The topological polar surface area (TPSA) is 98.1 Å². The summed E-state index contributed by atoms with van der Waals surface area (Å²) >= 11 is 5.98. The molecule has 140 valence electrons. The molecule has 1 N–H and O–H groups in total. The molecule has 0 spiro atoms. The zero-order valence-corrected chi connectivity index (χ0v) is 15.2. The molecule has 1 fully saturated rings. The second-order valence-electron chi connectivity index (χ2n) is 5.52. The molecule has 1 aliphatic rings. The van der Waals surface area contributed by atoms with E-state index in [4.69, 9.17) is 20.8 Å². The summed E-state index contributed by atoms with van der Waals surface area (Å²) in [7, 11) is 2.71. The number of amides is 3. The molecule has 2 aromatic rings. The normalized spacial score (nSPS) is 15.2. The summed E-state index contributed by atoms with van der Waals surface area (Å²) in [5, 5.41) is 2.96. The fraction of sp³-hybridized carbons (Fsp3) is 0.167. The number of hydrogen-bond acceptors (Lipinski definition) is 6. The lowest BCUT2D eigenvalue weighted by atomic mass is 10.1. The Bertz CT molecular complexity index is 949. The summed E-state index contributed by atoms with van der Waals surface area (Å²) in [4.78, 5) is 37.1. The molecule has 0 aliphatic carbocycles. The molecule has 0 radical (unpaired) electrons. The summed E-state index contributed by atoms with van der Waals surface area (Å²) in [6, 6.07) is 7.22. The number of methoxy groups -OCH3 is 2. The van der Waals surface area contributed by atoms with Gasteiger partial charge in [0.25, 0.3) is 5.91 Å². The van der Waals surface area contributed by atoms with E-state index in [1.165, 1.54) is 32.4 Å². The van der Waals surface area contributed by atoms with Crippen molar-refractivity contribution in [3.63, 3.8) is 0 Å². The molecule has 3 amide bonds. The third-order valence-corrected chi connectivity index (χ3v) is 4.05. The minimum Gasteiger partial charge on any atom is -0.496 e. The number of ether oxygens (including phenoxy) is 2. The van der Waals surface area contributed by atoms with Crippen LogP contribution in [0.1, 0.15) is 21.9 Å². The molecule has 1 saturated heterocycles. The van der Waals surface area contributed by atoms with Gasteiger partial charge in [0, 0.05) is 10.6 Å². The Morgan fingerprint density at radius 3 is 2.74 bits per heavy atom. The van der Waals surface area contributed by atoms with Crippen molar-refractivity contribution in [1.82, 2.24) is 10.2 Å². The Kier molecular flexibility index (Phi) is 5.18. The van der Waals surface area contributed by atoms with Crippen LogP contribution in [0.25, 0.3) is 6.08 Å². The highest BCUT2D eigenvalue weighted by molar-refractivity contribution is 6.30. The van der Waals surface area contributed by atoms with Crippen molar-refractivity contribution in [3.05, 3.63) is 58.1 Å². The molecule has 0 unspecified atom stereocenters. The van der Waals surface area contributed by atoms with Crippen LogP contribution in [0.3, 0.4) is 0 Å². The number of halogens is 1. The van der Waals surface area contributed by atoms with Crippen molar-refractivity contribution in [1.29, 1.82) is 0 Å². The van der Waals surface area contributed by atoms with Crippen LogP contribution >= 0.6 is 11.6 Å². The Labute approximate surface area is 159 Å². The van der Waals surface area contributed by atoms with Crippen LogP contribution in [0.2, 0.25) is 5.02 Å². The number of hydrogen-bond donors (Lipinski definition) is 1. The number of benzene rings is 1. The Hall–Kier alpha value is -3.26. The van der Waals surface area contributed by atoms with Gasteiger partial charge in [-0.1, -0.05) is 11.6 Å². The van der Waals surface area contributed by atoms with Crippen molar-refractivity contribution in [2.75, 3.05) is 14.2 Å². The van der Waals surface area contributed by atoms with E-state index in [1.54, 1.807) is 18.2 Å². The summed E-state index contributed by atoms with van der Waals surface area (Å²) in [5.41, 5.74) is 0.613. The third kappa shape index (κ3) is 3.80. The lowest BCUT2D eigenvalue weighted by Gasteiger charge is -2.09.